The van der Waals surface area contributed by atoms with Crippen LogP contribution in [0.4, 0.5) is 0 Å². The molecule has 2 aromatic rings. The van der Waals surface area contributed by atoms with Gasteiger partial charge in [0.15, 0.2) is 0 Å². The largest absolute Gasteiger partial charge is 0.457 e. The number of ether oxygens (including phenoxy) is 1. The van der Waals surface area contributed by atoms with Gasteiger partial charge >= 0.3 is 0 Å². The zero-order valence-corrected chi connectivity index (χ0v) is 22.7. The van der Waals surface area contributed by atoms with Crippen molar-refractivity contribution < 1.29 is 14.9 Å². The molecule has 0 amide bonds. The van der Waals surface area contributed by atoms with Crippen LogP contribution in [0.2, 0.25) is 0 Å². The Bertz CT molecular complexity index is 976. The molecule has 5 nitrogen and oxygen atoms in total. The van der Waals surface area contributed by atoms with Crippen molar-refractivity contribution in [1.82, 2.24) is 9.80 Å². The van der Waals surface area contributed by atoms with Gasteiger partial charge in [-0.25, -0.2) is 0 Å². The Morgan fingerprint density at radius 3 is 1.45 bits per heavy atom. The molecule has 1 aliphatic heterocycles. The number of hydrogen-bond acceptors (Lipinski definition) is 5. The van der Waals surface area contributed by atoms with Crippen LogP contribution < -0.4 is 4.74 Å². The first-order valence-electron chi connectivity index (χ1n) is 13.7. The summed E-state index contributed by atoms with van der Waals surface area (Å²) in [5.41, 5.74) is 3.94. The maximum atomic E-state index is 10.8. The van der Waals surface area contributed by atoms with E-state index in [1.165, 1.54) is 0 Å². The van der Waals surface area contributed by atoms with Crippen LogP contribution in [-0.4, -0.2) is 59.3 Å². The molecule has 0 spiro atoms. The van der Waals surface area contributed by atoms with Crippen LogP contribution in [0.3, 0.4) is 0 Å². The number of benzene rings is 2. The molecular weight excluding hydrogens is 472 g/mol. The molecule has 0 bridgehead atoms. The van der Waals surface area contributed by atoms with Crippen LogP contribution in [0.15, 0.2) is 87.0 Å². The third kappa shape index (κ3) is 8.53. The van der Waals surface area contributed by atoms with Gasteiger partial charge in [-0.2, -0.15) is 0 Å². The van der Waals surface area contributed by atoms with Gasteiger partial charge in [-0.05, 0) is 85.3 Å². The van der Waals surface area contributed by atoms with Crippen LogP contribution in [0, 0.1) is 0 Å². The zero-order valence-electron chi connectivity index (χ0n) is 22.7. The fourth-order valence-corrected chi connectivity index (χ4v) is 5.01. The van der Waals surface area contributed by atoms with E-state index in [1.807, 2.05) is 48.6 Å². The zero-order chi connectivity index (χ0) is 27.3. The summed E-state index contributed by atoms with van der Waals surface area (Å²) >= 11 is 0. The molecule has 1 aliphatic rings. The number of fused-ring (bicyclic) bond motifs is 2. The number of hydrogen-bond donors (Lipinski definition) is 2. The highest BCUT2D eigenvalue weighted by molar-refractivity contribution is 5.52. The monoisotopic (exact) mass is 516 g/mol. The molecule has 2 unspecified atom stereocenters. The summed E-state index contributed by atoms with van der Waals surface area (Å²) < 4.78 is 6.17. The third-order valence-corrected chi connectivity index (χ3v) is 6.99. The molecule has 0 aliphatic carbocycles. The number of aliphatic hydroxyl groups excluding tert-OH is 2. The summed E-state index contributed by atoms with van der Waals surface area (Å²) in [6.45, 7) is 20.3. The van der Waals surface area contributed by atoms with Gasteiger partial charge < -0.3 is 14.9 Å². The van der Waals surface area contributed by atoms with Gasteiger partial charge in [-0.1, -0.05) is 36.4 Å². The summed E-state index contributed by atoms with van der Waals surface area (Å²) in [6, 6.07) is 12.0. The summed E-state index contributed by atoms with van der Waals surface area (Å²) in [7, 11) is 0. The van der Waals surface area contributed by atoms with E-state index in [9.17, 15) is 10.2 Å². The van der Waals surface area contributed by atoms with Crippen LogP contribution in [0.25, 0.3) is 0 Å². The second-order valence-corrected chi connectivity index (χ2v) is 10.0. The minimum absolute atomic E-state index is 0.522. The summed E-state index contributed by atoms with van der Waals surface area (Å²) in [4.78, 5) is 4.52. The molecule has 3 rings (SSSR count). The maximum Gasteiger partial charge on any atom is 0.130 e. The summed E-state index contributed by atoms with van der Waals surface area (Å²) in [6.07, 6.45) is 10.4. The minimum atomic E-state index is -0.522. The van der Waals surface area contributed by atoms with Crippen molar-refractivity contribution in [1.29, 1.82) is 0 Å². The Labute approximate surface area is 229 Å². The van der Waals surface area contributed by atoms with Crippen LogP contribution in [-0.2, 0) is 6.42 Å². The molecule has 0 aromatic heterocycles. The topological polar surface area (TPSA) is 56.2 Å². The normalized spacial score (nSPS) is 13.8. The van der Waals surface area contributed by atoms with E-state index in [0.717, 1.165) is 85.9 Å². The van der Waals surface area contributed by atoms with Gasteiger partial charge in [0.2, 0.25) is 0 Å². The Balaban J connectivity index is 1.58. The first-order valence-corrected chi connectivity index (χ1v) is 13.7. The number of rotatable bonds is 18. The highest BCUT2D eigenvalue weighted by atomic mass is 16.5. The van der Waals surface area contributed by atoms with E-state index in [-0.39, 0.29) is 0 Å². The van der Waals surface area contributed by atoms with Crippen LogP contribution in [0.5, 0.6) is 11.5 Å². The molecule has 2 N–H and O–H groups in total. The molecular formula is C33H44N2O3. The average Bonchev–Trinajstić information content (AvgIpc) is 2.91. The van der Waals surface area contributed by atoms with Crippen molar-refractivity contribution >= 4 is 0 Å². The van der Waals surface area contributed by atoms with E-state index in [0.29, 0.717) is 19.3 Å². The second-order valence-electron chi connectivity index (χ2n) is 10.0. The van der Waals surface area contributed by atoms with E-state index in [2.05, 4.69) is 48.2 Å². The SMILES string of the molecule is C=CCN(CC=C)CCCC(O)c1ccc2c(c1)Cc1cc(C(O)CCCN(CC=C)CC=C)ccc1O2. The van der Waals surface area contributed by atoms with Crippen molar-refractivity contribution in [2.75, 3.05) is 39.3 Å². The van der Waals surface area contributed by atoms with E-state index in [4.69, 9.17) is 4.74 Å². The lowest BCUT2D eigenvalue weighted by Crippen LogP contribution is -2.25. The lowest BCUT2D eigenvalue weighted by atomic mass is 9.93. The highest BCUT2D eigenvalue weighted by Gasteiger charge is 2.21. The van der Waals surface area contributed by atoms with E-state index in [1.54, 1.807) is 0 Å². The van der Waals surface area contributed by atoms with Gasteiger partial charge in [0.25, 0.3) is 0 Å². The summed E-state index contributed by atoms with van der Waals surface area (Å²) in [5.74, 6) is 1.66. The standard InChI is InChI=1S/C33H44N2O3/c1-5-17-34(18-6-2)21-9-11-30(36)26-13-15-32-28(23-26)25-29-24-27(14-16-33(29)38-32)31(37)12-10-22-35(19-7-3)20-8-4/h5-8,13-16,23-24,30-31,36-37H,1-4,9-12,17-22,25H2. The van der Waals surface area contributed by atoms with Crippen LogP contribution in [0.1, 0.15) is 60.1 Å². The fraction of sp³-hybridized carbons (Fsp3) is 0.394. The Morgan fingerprint density at radius 1 is 0.684 bits per heavy atom. The highest BCUT2D eigenvalue weighted by Crippen LogP contribution is 2.39. The van der Waals surface area contributed by atoms with E-state index < -0.39 is 12.2 Å². The molecule has 2 atom stereocenters. The molecule has 0 saturated carbocycles. The molecule has 38 heavy (non-hydrogen) atoms. The number of aliphatic hydroxyl groups is 2. The van der Waals surface area contributed by atoms with Gasteiger partial charge in [0.05, 0.1) is 12.2 Å². The molecule has 0 saturated heterocycles. The smallest absolute Gasteiger partial charge is 0.130 e. The predicted octanol–water partition coefficient (Wildman–Crippen LogP) is 6.36. The van der Waals surface area contributed by atoms with Crippen molar-refractivity contribution in [2.45, 2.75) is 44.3 Å². The lowest BCUT2D eigenvalue weighted by molar-refractivity contribution is 0.158. The first kappa shape index (κ1) is 29.6. The molecule has 204 valence electrons. The Hall–Kier alpha value is -2.96. The number of nitrogens with zero attached hydrogens (tertiary/aromatic N) is 2. The third-order valence-electron chi connectivity index (χ3n) is 6.99. The Morgan fingerprint density at radius 2 is 1.08 bits per heavy atom. The molecule has 2 aromatic carbocycles. The second kappa shape index (κ2) is 15.5. The van der Waals surface area contributed by atoms with Gasteiger partial charge in [0.1, 0.15) is 11.5 Å². The van der Waals surface area contributed by atoms with Crippen molar-refractivity contribution in [3.63, 3.8) is 0 Å². The van der Waals surface area contributed by atoms with Crippen LogP contribution >= 0.6 is 0 Å². The molecule has 0 radical (unpaired) electrons. The van der Waals surface area contributed by atoms with Gasteiger partial charge in [0, 0.05) is 32.6 Å². The van der Waals surface area contributed by atoms with Crippen molar-refractivity contribution in [2.24, 2.45) is 0 Å². The molecule has 0 fully saturated rings. The quantitative estimate of drug-likeness (QED) is 0.193. The maximum absolute atomic E-state index is 10.8. The molecule has 1 heterocycles. The minimum Gasteiger partial charge on any atom is -0.457 e. The Kier molecular flexibility index (Phi) is 12.0. The van der Waals surface area contributed by atoms with E-state index >= 15 is 0 Å². The van der Waals surface area contributed by atoms with Gasteiger partial charge in [-0.15, -0.1) is 26.3 Å². The summed E-state index contributed by atoms with van der Waals surface area (Å²) in [5, 5.41) is 21.7. The first-order chi connectivity index (χ1) is 18.5. The average molecular weight is 517 g/mol. The predicted molar refractivity (Wildman–Crippen MR) is 158 cm³/mol. The van der Waals surface area contributed by atoms with Crippen molar-refractivity contribution in [3.05, 3.63) is 109 Å². The fourth-order valence-electron chi connectivity index (χ4n) is 5.01. The van der Waals surface area contributed by atoms with Gasteiger partial charge in [-0.3, -0.25) is 9.80 Å². The lowest BCUT2D eigenvalue weighted by Gasteiger charge is -2.24. The molecule has 5 heteroatoms. The van der Waals surface area contributed by atoms with Crippen molar-refractivity contribution in [3.8, 4) is 11.5 Å².